The molecule has 1 saturated heterocycles. The van der Waals surface area contributed by atoms with Gasteiger partial charge in [0.05, 0.1) is 5.69 Å². The summed E-state index contributed by atoms with van der Waals surface area (Å²) in [5.41, 5.74) is 0.484. The van der Waals surface area contributed by atoms with Crippen LogP contribution in [0, 0.1) is 0 Å². The van der Waals surface area contributed by atoms with Gasteiger partial charge < -0.3 is 10.6 Å². The van der Waals surface area contributed by atoms with E-state index in [-0.39, 0.29) is 23.4 Å². The van der Waals surface area contributed by atoms with Crippen LogP contribution >= 0.6 is 0 Å². The standard InChI is InChI=1S/C11H16N4O3S/c1-12-9-4-5-13-7-10(9)19(17,18)14-6-8-2-3-11(16)15-8/h4-5,7-8,14H,2-3,6H2,1H3,(H,12,13)(H,15,16). The van der Waals surface area contributed by atoms with Crippen LogP contribution in [0.25, 0.3) is 0 Å². The highest BCUT2D eigenvalue weighted by molar-refractivity contribution is 7.89. The number of hydrogen-bond donors (Lipinski definition) is 3. The molecule has 104 valence electrons. The Morgan fingerprint density at radius 3 is 2.95 bits per heavy atom. The molecule has 0 spiro atoms. The number of amides is 1. The maximum absolute atomic E-state index is 12.1. The van der Waals surface area contributed by atoms with Gasteiger partial charge in [-0.05, 0) is 12.5 Å². The highest BCUT2D eigenvalue weighted by atomic mass is 32.2. The molecule has 3 N–H and O–H groups in total. The van der Waals surface area contributed by atoms with E-state index < -0.39 is 10.0 Å². The zero-order valence-corrected chi connectivity index (χ0v) is 11.3. The first-order valence-corrected chi connectivity index (χ1v) is 7.42. The summed E-state index contributed by atoms with van der Waals surface area (Å²) >= 11 is 0. The largest absolute Gasteiger partial charge is 0.387 e. The van der Waals surface area contributed by atoms with Crippen LogP contribution in [-0.4, -0.2) is 38.9 Å². The summed E-state index contributed by atoms with van der Waals surface area (Å²) in [6, 6.07) is 1.45. The van der Waals surface area contributed by atoms with Gasteiger partial charge in [-0.1, -0.05) is 0 Å². The maximum atomic E-state index is 12.1. The second kappa shape index (κ2) is 5.54. The second-order valence-corrected chi connectivity index (χ2v) is 6.01. The van der Waals surface area contributed by atoms with E-state index in [1.807, 2.05) is 0 Å². The van der Waals surface area contributed by atoms with E-state index >= 15 is 0 Å². The van der Waals surface area contributed by atoms with Crippen molar-refractivity contribution in [1.82, 2.24) is 15.0 Å². The van der Waals surface area contributed by atoms with Crippen molar-refractivity contribution in [2.75, 3.05) is 18.9 Å². The van der Waals surface area contributed by atoms with Gasteiger partial charge in [-0.15, -0.1) is 0 Å². The highest BCUT2D eigenvalue weighted by Gasteiger charge is 2.24. The molecule has 0 aliphatic carbocycles. The number of nitrogens with zero attached hydrogens (tertiary/aromatic N) is 1. The third-order valence-electron chi connectivity index (χ3n) is 2.95. The first kappa shape index (κ1) is 13.8. The van der Waals surface area contributed by atoms with Crippen LogP contribution in [0.5, 0.6) is 0 Å². The van der Waals surface area contributed by atoms with E-state index in [2.05, 4.69) is 20.3 Å². The zero-order chi connectivity index (χ0) is 13.9. The quantitative estimate of drug-likeness (QED) is 0.688. The van der Waals surface area contributed by atoms with Crippen molar-refractivity contribution in [3.8, 4) is 0 Å². The molecule has 2 heterocycles. The van der Waals surface area contributed by atoms with Crippen molar-refractivity contribution in [2.24, 2.45) is 0 Å². The molecule has 19 heavy (non-hydrogen) atoms. The summed E-state index contributed by atoms with van der Waals surface area (Å²) in [5.74, 6) is -0.0403. The fraction of sp³-hybridized carbons (Fsp3) is 0.455. The molecule has 0 saturated carbocycles. The van der Waals surface area contributed by atoms with Gasteiger partial charge in [0.2, 0.25) is 15.9 Å². The van der Waals surface area contributed by atoms with E-state index in [1.54, 1.807) is 13.1 Å². The number of rotatable bonds is 5. The molecule has 1 atom stereocenters. The van der Waals surface area contributed by atoms with E-state index in [9.17, 15) is 13.2 Å². The Balaban J connectivity index is 2.08. The van der Waals surface area contributed by atoms with Crippen molar-refractivity contribution >= 4 is 21.6 Å². The number of hydrogen-bond acceptors (Lipinski definition) is 5. The molecule has 0 aromatic carbocycles. The van der Waals surface area contributed by atoms with Crippen molar-refractivity contribution in [3.63, 3.8) is 0 Å². The van der Waals surface area contributed by atoms with Gasteiger partial charge in [-0.25, -0.2) is 13.1 Å². The number of carbonyl (C=O) groups is 1. The molecule has 1 aliphatic rings. The minimum atomic E-state index is -3.63. The van der Waals surface area contributed by atoms with Crippen LogP contribution < -0.4 is 15.4 Å². The molecular formula is C11H16N4O3S. The fourth-order valence-corrected chi connectivity index (χ4v) is 3.15. The average molecular weight is 284 g/mol. The van der Waals surface area contributed by atoms with Crippen molar-refractivity contribution in [1.29, 1.82) is 0 Å². The molecule has 0 radical (unpaired) electrons. The average Bonchev–Trinajstić information content (AvgIpc) is 2.82. The molecule has 7 nitrogen and oxygen atoms in total. The number of pyridine rings is 1. The minimum Gasteiger partial charge on any atom is -0.387 e. The van der Waals surface area contributed by atoms with Crippen LogP contribution in [-0.2, 0) is 14.8 Å². The van der Waals surface area contributed by atoms with Crippen LogP contribution in [0.15, 0.2) is 23.4 Å². The Morgan fingerprint density at radius 1 is 1.53 bits per heavy atom. The third kappa shape index (κ3) is 3.21. The molecule has 8 heteroatoms. The first-order valence-electron chi connectivity index (χ1n) is 5.94. The van der Waals surface area contributed by atoms with Gasteiger partial charge in [-0.3, -0.25) is 9.78 Å². The van der Waals surface area contributed by atoms with Crippen LogP contribution in [0.1, 0.15) is 12.8 Å². The lowest BCUT2D eigenvalue weighted by Gasteiger charge is -2.13. The van der Waals surface area contributed by atoms with E-state index in [1.165, 1.54) is 12.4 Å². The number of sulfonamides is 1. The predicted octanol–water partition coefficient (Wildman–Crippen LogP) is -0.320. The second-order valence-electron chi connectivity index (χ2n) is 4.28. The molecule has 2 rings (SSSR count). The molecule has 1 aromatic rings. The van der Waals surface area contributed by atoms with E-state index in [0.29, 0.717) is 18.5 Å². The van der Waals surface area contributed by atoms with Gasteiger partial charge in [0.1, 0.15) is 4.90 Å². The predicted molar refractivity (Wildman–Crippen MR) is 70.1 cm³/mol. The molecule has 1 aliphatic heterocycles. The third-order valence-corrected chi connectivity index (χ3v) is 4.40. The summed E-state index contributed by atoms with van der Waals surface area (Å²) in [5, 5.41) is 5.52. The Hall–Kier alpha value is -1.67. The lowest BCUT2D eigenvalue weighted by Crippen LogP contribution is -2.38. The SMILES string of the molecule is CNc1ccncc1S(=O)(=O)NCC1CCC(=O)N1. The van der Waals surface area contributed by atoms with Crippen molar-refractivity contribution in [2.45, 2.75) is 23.8 Å². The van der Waals surface area contributed by atoms with Gasteiger partial charge in [0, 0.05) is 38.4 Å². The van der Waals surface area contributed by atoms with Crippen molar-refractivity contribution < 1.29 is 13.2 Å². The molecule has 1 amide bonds. The molecule has 1 fully saturated rings. The lowest BCUT2D eigenvalue weighted by atomic mass is 10.2. The Morgan fingerprint density at radius 2 is 2.32 bits per heavy atom. The number of aromatic nitrogens is 1. The van der Waals surface area contributed by atoms with E-state index in [4.69, 9.17) is 0 Å². The number of nitrogens with one attached hydrogen (secondary N) is 3. The van der Waals surface area contributed by atoms with E-state index in [0.717, 1.165) is 0 Å². The van der Waals surface area contributed by atoms with Crippen LogP contribution in [0.4, 0.5) is 5.69 Å². The smallest absolute Gasteiger partial charge is 0.244 e. The normalized spacial score (nSPS) is 19.2. The summed E-state index contributed by atoms with van der Waals surface area (Å²) in [6.45, 7) is 0.187. The number of carbonyl (C=O) groups excluding carboxylic acids is 1. The van der Waals surface area contributed by atoms with Gasteiger partial charge in [0.15, 0.2) is 0 Å². The topological polar surface area (TPSA) is 100 Å². The highest BCUT2D eigenvalue weighted by Crippen LogP contribution is 2.18. The fourth-order valence-electron chi connectivity index (χ4n) is 1.92. The van der Waals surface area contributed by atoms with Gasteiger partial charge in [-0.2, -0.15) is 0 Å². The molecule has 1 aromatic heterocycles. The summed E-state index contributed by atoms with van der Waals surface area (Å²) in [7, 11) is -1.99. The number of anilines is 1. The molecule has 0 bridgehead atoms. The maximum Gasteiger partial charge on any atom is 0.244 e. The Kier molecular flexibility index (Phi) is 4.01. The minimum absolute atomic E-state index is 0.0403. The monoisotopic (exact) mass is 284 g/mol. The summed E-state index contributed by atoms with van der Waals surface area (Å²) in [4.78, 5) is 15.0. The molecular weight excluding hydrogens is 268 g/mol. The molecule has 1 unspecified atom stereocenters. The lowest BCUT2D eigenvalue weighted by molar-refractivity contribution is -0.119. The van der Waals surface area contributed by atoms with Crippen LogP contribution in [0.2, 0.25) is 0 Å². The Labute approximate surface area is 111 Å². The first-order chi connectivity index (χ1) is 9.03. The van der Waals surface area contributed by atoms with Gasteiger partial charge in [0.25, 0.3) is 0 Å². The van der Waals surface area contributed by atoms with Crippen LogP contribution in [0.3, 0.4) is 0 Å². The zero-order valence-electron chi connectivity index (χ0n) is 10.5. The van der Waals surface area contributed by atoms with Gasteiger partial charge >= 0.3 is 0 Å². The summed E-state index contributed by atoms with van der Waals surface area (Å²) in [6.07, 6.45) is 3.90. The van der Waals surface area contributed by atoms with Crippen molar-refractivity contribution in [3.05, 3.63) is 18.5 Å². The Bertz CT molecular complexity index is 573. The summed E-state index contributed by atoms with van der Waals surface area (Å²) < 4.78 is 26.8.